The van der Waals surface area contributed by atoms with Gasteiger partial charge in [-0.1, -0.05) is 73.7 Å². The molecule has 2 aliphatic rings. The molecule has 0 spiro atoms. The zero-order valence-electron chi connectivity index (χ0n) is 18.1. The van der Waals surface area contributed by atoms with Crippen LogP contribution in [0.15, 0.2) is 54.6 Å². The van der Waals surface area contributed by atoms with Crippen LogP contribution in [0.4, 0.5) is 5.69 Å². The summed E-state index contributed by atoms with van der Waals surface area (Å²) in [5.41, 5.74) is 2.58. The summed E-state index contributed by atoms with van der Waals surface area (Å²) < 4.78 is 0. The number of benzene rings is 2. The van der Waals surface area contributed by atoms with Gasteiger partial charge in [-0.25, -0.2) is 4.90 Å². The van der Waals surface area contributed by atoms with Gasteiger partial charge in [-0.05, 0) is 37.5 Å². The third-order valence-electron chi connectivity index (χ3n) is 6.46. The normalized spacial score (nSPS) is 20.0. The monoisotopic (exact) mass is 418 g/mol. The maximum atomic E-state index is 13.5. The molecular formula is C26H30N2O3. The van der Waals surface area contributed by atoms with Gasteiger partial charge in [0, 0.05) is 6.04 Å². The van der Waals surface area contributed by atoms with Gasteiger partial charge in [-0.15, -0.1) is 0 Å². The predicted octanol–water partition coefficient (Wildman–Crippen LogP) is 4.42. The van der Waals surface area contributed by atoms with Gasteiger partial charge in [0.2, 0.25) is 11.8 Å². The van der Waals surface area contributed by atoms with Crippen molar-refractivity contribution in [3.63, 3.8) is 0 Å². The SMILES string of the molecule is Cc1ccc(N2C(=O)CC(N(C(=O)Cc3ccccc3)C3CCCCCC3)C2=O)cc1. The Morgan fingerprint density at radius 1 is 0.935 bits per heavy atom. The van der Waals surface area contributed by atoms with Gasteiger partial charge in [-0.2, -0.15) is 0 Å². The van der Waals surface area contributed by atoms with E-state index < -0.39 is 6.04 Å². The van der Waals surface area contributed by atoms with Crippen LogP contribution in [0, 0.1) is 6.92 Å². The number of amides is 3. The molecule has 1 atom stereocenters. The molecular weight excluding hydrogens is 388 g/mol. The van der Waals surface area contributed by atoms with Crippen LogP contribution in [0.1, 0.15) is 56.1 Å². The number of nitrogens with zero attached hydrogens (tertiary/aromatic N) is 2. The van der Waals surface area contributed by atoms with E-state index in [0.29, 0.717) is 5.69 Å². The molecule has 1 aliphatic heterocycles. The quantitative estimate of drug-likeness (QED) is 0.533. The average Bonchev–Trinajstić information content (AvgIpc) is 2.93. The third kappa shape index (κ3) is 4.71. The lowest BCUT2D eigenvalue weighted by Crippen LogP contribution is -2.51. The fourth-order valence-electron chi connectivity index (χ4n) is 4.83. The van der Waals surface area contributed by atoms with Crippen LogP contribution in [0.2, 0.25) is 0 Å². The van der Waals surface area contributed by atoms with Crippen molar-refractivity contribution in [2.24, 2.45) is 0 Å². The first-order valence-corrected chi connectivity index (χ1v) is 11.3. The standard InChI is InChI=1S/C26H30N2O3/c1-19-13-15-22(16-14-19)28-25(30)18-23(26(28)31)27(21-11-7-2-3-8-12-21)24(29)17-20-9-5-4-6-10-20/h4-6,9-10,13-16,21,23H,2-3,7-8,11-12,17-18H2,1H3. The Morgan fingerprint density at radius 3 is 2.23 bits per heavy atom. The van der Waals surface area contributed by atoms with Crippen molar-refractivity contribution in [2.45, 2.75) is 70.4 Å². The fourth-order valence-corrected chi connectivity index (χ4v) is 4.83. The number of hydrogen-bond donors (Lipinski definition) is 0. The summed E-state index contributed by atoms with van der Waals surface area (Å²) in [5, 5.41) is 0. The molecule has 1 aliphatic carbocycles. The van der Waals surface area contributed by atoms with Gasteiger partial charge < -0.3 is 4.90 Å². The van der Waals surface area contributed by atoms with Crippen LogP contribution >= 0.6 is 0 Å². The lowest BCUT2D eigenvalue weighted by atomic mass is 10.0. The molecule has 1 heterocycles. The Kier molecular flexibility index (Phi) is 6.50. The van der Waals surface area contributed by atoms with Crippen molar-refractivity contribution in [3.8, 4) is 0 Å². The molecule has 5 nitrogen and oxygen atoms in total. The summed E-state index contributed by atoms with van der Waals surface area (Å²) in [6.45, 7) is 1.97. The van der Waals surface area contributed by atoms with Gasteiger partial charge in [0.25, 0.3) is 5.91 Å². The van der Waals surface area contributed by atoms with Crippen LogP contribution in [-0.2, 0) is 20.8 Å². The van der Waals surface area contributed by atoms with Crippen LogP contribution in [0.25, 0.3) is 0 Å². The highest BCUT2D eigenvalue weighted by Gasteiger charge is 2.46. The Morgan fingerprint density at radius 2 is 1.58 bits per heavy atom. The molecule has 1 unspecified atom stereocenters. The van der Waals surface area contributed by atoms with Gasteiger partial charge in [0.1, 0.15) is 6.04 Å². The minimum Gasteiger partial charge on any atom is -0.327 e. The van der Waals surface area contributed by atoms with Gasteiger partial charge >= 0.3 is 0 Å². The predicted molar refractivity (Wildman–Crippen MR) is 121 cm³/mol. The number of anilines is 1. The van der Waals surface area contributed by atoms with Crippen molar-refractivity contribution in [1.82, 2.24) is 4.90 Å². The zero-order chi connectivity index (χ0) is 21.8. The van der Waals surface area contributed by atoms with E-state index in [1.54, 1.807) is 17.0 Å². The first-order valence-electron chi connectivity index (χ1n) is 11.3. The topological polar surface area (TPSA) is 57.7 Å². The summed E-state index contributed by atoms with van der Waals surface area (Å²) in [4.78, 5) is 42.9. The number of carbonyl (C=O) groups excluding carboxylic acids is 3. The molecule has 1 saturated carbocycles. The highest BCUT2D eigenvalue weighted by molar-refractivity contribution is 6.23. The highest BCUT2D eigenvalue weighted by atomic mass is 16.2. The zero-order valence-corrected chi connectivity index (χ0v) is 18.1. The van der Waals surface area contributed by atoms with Crippen molar-refractivity contribution < 1.29 is 14.4 Å². The van der Waals surface area contributed by atoms with E-state index in [4.69, 9.17) is 0 Å². The first kappa shape index (κ1) is 21.3. The lowest BCUT2D eigenvalue weighted by Gasteiger charge is -2.35. The fraction of sp³-hybridized carbons (Fsp3) is 0.423. The maximum absolute atomic E-state index is 13.5. The molecule has 0 aromatic heterocycles. The van der Waals surface area contributed by atoms with Gasteiger partial charge in [0.05, 0.1) is 18.5 Å². The maximum Gasteiger partial charge on any atom is 0.257 e. The highest BCUT2D eigenvalue weighted by Crippen LogP contribution is 2.31. The second-order valence-corrected chi connectivity index (χ2v) is 8.73. The van der Waals surface area contributed by atoms with Crippen LogP contribution in [0.5, 0.6) is 0 Å². The second kappa shape index (κ2) is 9.46. The molecule has 2 fully saturated rings. The van der Waals surface area contributed by atoms with E-state index in [0.717, 1.165) is 49.7 Å². The summed E-state index contributed by atoms with van der Waals surface area (Å²) >= 11 is 0. The number of hydrogen-bond acceptors (Lipinski definition) is 3. The third-order valence-corrected chi connectivity index (χ3v) is 6.46. The van der Waals surface area contributed by atoms with Crippen LogP contribution in [-0.4, -0.2) is 34.7 Å². The Labute approximate surface area is 184 Å². The molecule has 1 saturated heterocycles. The largest absolute Gasteiger partial charge is 0.327 e. The summed E-state index contributed by atoms with van der Waals surface area (Å²) in [7, 11) is 0. The van der Waals surface area contributed by atoms with Crippen molar-refractivity contribution in [3.05, 3.63) is 65.7 Å². The van der Waals surface area contributed by atoms with Crippen molar-refractivity contribution in [1.29, 1.82) is 0 Å². The number of rotatable bonds is 5. The lowest BCUT2D eigenvalue weighted by molar-refractivity contribution is -0.140. The molecule has 31 heavy (non-hydrogen) atoms. The summed E-state index contributed by atoms with van der Waals surface area (Å²) in [6.07, 6.45) is 6.51. The van der Waals surface area contributed by atoms with Crippen LogP contribution in [0.3, 0.4) is 0 Å². The molecule has 5 heteroatoms. The van der Waals surface area contributed by atoms with Gasteiger partial charge in [-0.3, -0.25) is 14.4 Å². The van der Waals surface area contributed by atoms with Crippen molar-refractivity contribution >= 4 is 23.4 Å². The molecule has 2 aromatic rings. The summed E-state index contributed by atoms with van der Waals surface area (Å²) in [5.74, 6) is -0.570. The van der Waals surface area contributed by atoms with E-state index in [1.165, 1.54) is 4.90 Å². The number of imide groups is 1. The van der Waals surface area contributed by atoms with E-state index in [1.807, 2.05) is 49.4 Å². The minimum atomic E-state index is -0.715. The van der Waals surface area contributed by atoms with E-state index in [9.17, 15) is 14.4 Å². The molecule has 0 radical (unpaired) electrons. The second-order valence-electron chi connectivity index (χ2n) is 8.73. The minimum absolute atomic E-state index is 0.0124. The summed E-state index contributed by atoms with van der Waals surface area (Å²) in [6, 6.07) is 16.3. The molecule has 2 aromatic carbocycles. The van der Waals surface area contributed by atoms with Gasteiger partial charge in [0.15, 0.2) is 0 Å². The smallest absolute Gasteiger partial charge is 0.257 e. The molecule has 0 bridgehead atoms. The van der Waals surface area contributed by atoms with E-state index >= 15 is 0 Å². The van der Waals surface area contributed by atoms with Crippen LogP contribution < -0.4 is 4.90 Å². The Bertz CT molecular complexity index is 931. The Balaban J connectivity index is 1.62. The molecule has 4 rings (SSSR count). The molecule has 0 N–H and O–H groups in total. The first-order chi connectivity index (χ1) is 15.0. The average molecular weight is 419 g/mol. The van der Waals surface area contributed by atoms with E-state index in [2.05, 4.69) is 0 Å². The Hall–Kier alpha value is -2.95. The number of carbonyl (C=O) groups is 3. The molecule has 162 valence electrons. The van der Waals surface area contributed by atoms with E-state index in [-0.39, 0.29) is 36.6 Å². The molecule has 3 amide bonds. The number of aryl methyl sites for hydroxylation is 1. The van der Waals surface area contributed by atoms with Crippen molar-refractivity contribution in [2.75, 3.05) is 4.90 Å².